The molecule has 7 nitrogen and oxygen atoms in total. The van der Waals surface area contributed by atoms with E-state index in [1.54, 1.807) is 19.0 Å². The second kappa shape index (κ2) is 10.3. The van der Waals surface area contributed by atoms with Crippen molar-refractivity contribution in [2.75, 3.05) is 60.5 Å². The molecule has 0 spiro atoms. The third-order valence-electron chi connectivity index (χ3n) is 6.25. The first-order valence-electron chi connectivity index (χ1n) is 11.0. The molecule has 7 heteroatoms. The van der Waals surface area contributed by atoms with Gasteiger partial charge in [-0.15, -0.1) is 0 Å². The van der Waals surface area contributed by atoms with Crippen LogP contribution >= 0.6 is 0 Å². The lowest BCUT2D eigenvalue weighted by Crippen LogP contribution is -2.50. The summed E-state index contributed by atoms with van der Waals surface area (Å²) in [6, 6.07) is 8.61. The first-order chi connectivity index (χ1) is 14.4. The van der Waals surface area contributed by atoms with Gasteiger partial charge in [-0.3, -0.25) is 9.69 Å². The number of benzene rings is 1. The summed E-state index contributed by atoms with van der Waals surface area (Å²) in [5, 5.41) is 0. The monoisotopic (exact) mass is 416 g/mol. The second-order valence-corrected chi connectivity index (χ2v) is 8.74. The van der Waals surface area contributed by atoms with Gasteiger partial charge in [-0.25, -0.2) is 4.79 Å². The lowest BCUT2D eigenvalue weighted by Gasteiger charge is -2.39. The van der Waals surface area contributed by atoms with Gasteiger partial charge in [-0.05, 0) is 38.3 Å². The minimum Gasteiger partial charge on any atom is -0.381 e. The van der Waals surface area contributed by atoms with Crippen molar-refractivity contribution in [3.63, 3.8) is 0 Å². The Hall–Kier alpha value is -2.12. The smallest absolute Gasteiger partial charge is 0.319 e. The number of carbonyl (C=O) groups excluding carboxylic acids is 2. The summed E-state index contributed by atoms with van der Waals surface area (Å²) < 4.78 is 5.57. The second-order valence-electron chi connectivity index (χ2n) is 8.74. The number of nitrogens with zero attached hydrogens (tertiary/aromatic N) is 4. The molecule has 2 aliphatic rings. The Morgan fingerprint density at radius 3 is 2.47 bits per heavy atom. The van der Waals surface area contributed by atoms with Gasteiger partial charge < -0.3 is 19.4 Å². The molecule has 0 aliphatic carbocycles. The Balaban J connectivity index is 1.64. The topological polar surface area (TPSA) is 56.3 Å². The molecule has 1 atom stereocenters. The Labute approximate surface area is 180 Å². The molecular weight excluding hydrogens is 380 g/mol. The van der Waals surface area contributed by atoms with Crippen molar-refractivity contribution in [3.05, 3.63) is 35.4 Å². The Bertz CT molecular complexity index is 733. The number of likely N-dealkylation sites (N-methyl/N-ethyl adjacent to an activating group) is 1. The number of rotatable bonds is 6. The molecule has 3 rings (SSSR count). The zero-order valence-electron chi connectivity index (χ0n) is 18.8. The standard InChI is InChI=1S/C23H36N4O3/c1-18-6-5-7-19(16-18)22(28)25(4)12-13-27(20-9-14-30-15-10-20)21-8-11-26(17-21)23(29)24(2)3/h5-7,16,20-21H,8-15,17H2,1-4H3. The van der Waals surface area contributed by atoms with E-state index in [-0.39, 0.29) is 11.9 Å². The summed E-state index contributed by atoms with van der Waals surface area (Å²) in [5.41, 5.74) is 1.83. The molecule has 1 unspecified atom stereocenters. The normalized spacial score (nSPS) is 19.9. The third-order valence-corrected chi connectivity index (χ3v) is 6.25. The SMILES string of the molecule is Cc1cccc(C(=O)N(C)CCN(C2CCOCC2)C2CCN(C(=O)N(C)C)C2)c1. The summed E-state index contributed by atoms with van der Waals surface area (Å²) in [6.07, 6.45) is 2.99. The van der Waals surface area contributed by atoms with Crippen LogP contribution in [-0.4, -0.2) is 104 Å². The average Bonchev–Trinajstić information content (AvgIpc) is 3.23. The van der Waals surface area contributed by atoms with Gasteiger partial charge in [0.05, 0.1) is 0 Å². The third kappa shape index (κ3) is 5.52. The lowest BCUT2D eigenvalue weighted by molar-refractivity contribution is 0.0151. The molecule has 0 N–H and O–H groups in total. The van der Waals surface area contributed by atoms with Crippen molar-refractivity contribution in [2.24, 2.45) is 0 Å². The zero-order valence-corrected chi connectivity index (χ0v) is 18.8. The number of carbonyl (C=O) groups is 2. The number of likely N-dealkylation sites (tertiary alicyclic amines) is 1. The van der Waals surface area contributed by atoms with Crippen LogP contribution in [0.15, 0.2) is 24.3 Å². The first-order valence-corrected chi connectivity index (χ1v) is 11.0. The van der Waals surface area contributed by atoms with Crippen molar-refractivity contribution in [1.29, 1.82) is 0 Å². The number of ether oxygens (including phenoxy) is 1. The van der Waals surface area contributed by atoms with E-state index < -0.39 is 0 Å². The fraction of sp³-hybridized carbons (Fsp3) is 0.652. The molecule has 166 valence electrons. The Morgan fingerprint density at radius 2 is 1.80 bits per heavy atom. The van der Waals surface area contributed by atoms with Crippen molar-refractivity contribution < 1.29 is 14.3 Å². The average molecular weight is 417 g/mol. The van der Waals surface area contributed by atoms with E-state index in [0.717, 1.165) is 63.2 Å². The van der Waals surface area contributed by atoms with E-state index in [9.17, 15) is 9.59 Å². The van der Waals surface area contributed by atoms with Gasteiger partial charge >= 0.3 is 6.03 Å². The summed E-state index contributed by atoms with van der Waals surface area (Å²) >= 11 is 0. The van der Waals surface area contributed by atoms with Crippen LogP contribution in [0, 0.1) is 6.92 Å². The highest BCUT2D eigenvalue weighted by Crippen LogP contribution is 2.24. The zero-order chi connectivity index (χ0) is 21.7. The van der Waals surface area contributed by atoms with Gasteiger partial charge in [-0.1, -0.05) is 17.7 Å². The molecule has 1 aromatic carbocycles. The maximum Gasteiger partial charge on any atom is 0.319 e. The number of amides is 3. The van der Waals surface area contributed by atoms with E-state index in [0.29, 0.717) is 18.6 Å². The maximum absolute atomic E-state index is 12.9. The van der Waals surface area contributed by atoms with E-state index >= 15 is 0 Å². The number of hydrogen-bond donors (Lipinski definition) is 0. The van der Waals surface area contributed by atoms with Crippen LogP contribution in [0.25, 0.3) is 0 Å². The number of aryl methyl sites for hydroxylation is 1. The summed E-state index contributed by atoms with van der Waals surface area (Å²) in [7, 11) is 5.49. The van der Waals surface area contributed by atoms with Crippen LogP contribution < -0.4 is 0 Å². The van der Waals surface area contributed by atoms with Crippen LogP contribution in [-0.2, 0) is 4.74 Å². The van der Waals surface area contributed by atoms with Gasteiger partial charge in [0.1, 0.15) is 0 Å². The summed E-state index contributed by atoms with van der Waals surface area (Å²) in [5.74, 6) is 0.0569. The highest BCUT2D eigenvalue weighted by Gasteiger charge is 2.35. The Kier molecular flexibility index (Phi) is 7.72. The van der Waals surface area contributed by atoms with E-state index in [1.807, 2.05) is 48.0 Å². The van der Waals surface area contributed by atoms with Crippen LogP contribution in [0.3, 0.4) is 0 Å². The molecule has 2 heterocycles. The minimum atomic E-state index is 0.0569. The highest BCUT2D eigenvalue weighted by atomic mass is 16.5. The van der Waals surface area contributed by atoms with Crippen molar-refractivity contribution in [2.45, 2.75) is 38.3 Å². The molecule has 0 bridgehead atoms. The quantitative estimate of drug-likeness (QED) is 0.714. The van der Waals surface area contributed by atoms with E-state index in [1.165, 1.54) is 0 Å². The van der Waals surface area contributed by atoms with Gasteiger partial charge in [0.2, 0.25) is 0 Å². The van der Waals surface area contributed by atoms with Gasteiger partial charge in [0, 0.05) is 78.2 Å². The fourth-order valence-corrected chi connectivity index (χ4v) is 4.51. The predicted octanol–water partition coefficient (Wildman–Crippen LogP) is 2.30. The van der Waals surface area contributed by atoms with Gasteiger partial charge in [0.25, 0.3) is 5.91 Å². The molecule has 0 aromatic heterocycles. The maximum atomic E-state index is 12.9. The summed E-state index contributed by atoms with van der Waals surface area (Å²) in [6.45, 7) is 6.60. The van der Waals surface area contributed by atoms with E-state index in [2.05, 4.69) is 4.90 Å². The van der Waals surface area contributed by atoms with Crippen molar-refractivity contribution in [3.8, 4) is 0 Å². The predicted molar refractivity (Wildman–Crippen MR) is 118 cm³/mol. The molecule has 30 heavy (non-hydrogen) atoms. The lowest BCUT2D eigenvalue weighted by atomic mass is 10.0. The van der Waals surface area contributed by atoms with Crippen LogP contribution in [0.1, 0.15) is 35.2 Å². The first kappa shape index (κ1) is 22.6. The fourth-order valence-electron chi connectivity index (χ4n) is 4.51. The molecule has 1 aromatic rings. The molecule has 2 fully saturated rings. The van der Waals surface area contributed by atoms with Gasteiger partial charge in [0.15, 0.2) is 0 Å². The molecule has 3 amide bonds. The van der Waals surface area contributed by atoms with Crippen molar-refractivity contribution in [1.82, 2.24) is 19.6 Å². The van der Waals surface area contributed by atoms with Crippen LogP contribution in [0.5, 0.6) is 0 Å². The van der Waals surface area contributed by atoms with Crippen molar-refractivity contribution >= 4 is 11.9 Å². The Morgan fingerprint density at radius 1 is 1.07 bits per heavy atom. The largest absolute Gasteiger partial charge is 0.381 e. The highest BCUT2D eigenvalue weighted by molar-refractivity contribution is 5.94. The minimum absolute atomic E-state index is 0.0569. The molecule has 2 saturated heterocycles. The molecule has 0 saturated carbocycles. The molecule has 2 aliphatic heterocycles. The van der Waals surface area contributed by atoms with Crippen LogP contribution in [0.2, 0.25) is 0 Å². The molecule has 0 radical (unpaired) electrons. The summed E-state index contributed by atoms with van der Waals surface area (Å²) in [4.78, 5) is 33.2. The van der Waals surface area contributed by atoms with Gasteiger partial charge in [-0.2, -0.15) is 0 Å². The van der Waals surface area contributed by atoms with Crippen LogP contribution in [0.4, 0.5) is 4.79 Å². The number of hydrogen-bond acceptors (Lipinski definition) is 4. The number of urea groups is 1. The van der Waals surface area contributed by atoms with E-state index in [4.69, 9.17) is 4.74 Å². The molecular formula is C23H36N4O3.